The molecule has 2 heterocycles. The second-order valence-electron chi connectivity index (χ2n) is 5.90. The van der Waals surface area contributed by atoms with Gasteiger partial charge in [-0.05, 0) is 30.5 Å². The van der Waals surface area contributed by atoms with Gasteiger partial charge in [-0.15, -0.1) is 10.2 Å². The van der Waals surface area contributed by atoms with Crippen molar-refractivity contribution in [2.24, 2.45) is 4.99 Å². The summed E-state index contributed by atoms with van der Waals surface area (Å²) in [6.07, 6.45) is 4.69. The van der Waals surface area contributed by atoms with Gasteiger partial charge in [0.1, 0.15) is 5.82 Å². The van der Waals surface area contributed by atoms with Gasteiger partial charge < -0.3 is 15.2 Å². The van der Waals surface area contributed by atoms with Crippen molar-refractivity contribution in [1.29, 1.82) is 0 Å². The van der Waals surface area contributed by atoms with Crippen molar-refractivity contribution in [3.05, 3.63) is 46.5 Å². The molecule has 0 amide bonds. The quantitative estimate of drug-likeness (QED) is 0.659. The second kappa shape index (κ2) is 8.15. The lowest BCUT2D eigenvalue weighted by Crippen LogP contribution is -2.37. The first-order valence-electron chi connectivity index (χ1n) is 8.36. The predicted molar refractivity (Wildman–Crippen MR) is 96.1 cm³/mol. The van der Waals surface area contributed by atoms with Crippen molar-refractivity contribution in [1.82, 2.24) is 25.4 Å². The summed E-state index contributed by atoms with van der Waals surface area (Å²) in [5, 5.41) is 16.0. The molecule has 2 N–H and O–H groups in total. The van der Waals surface area contributed by atoms with Gasteiger partial charge in [0.15, 0.2) is 11.8 Å². The number of rotatable bonds is 4. The number of nitrogens with one attached hydrogen (secondary N) is 2. The van der Waals surface area contributed by atoms with E-state index in [0.29, 0.717) is 13.1 Å². The monoisotopic (exact) mass is 346 g/mol. The van der Waals surface area contributed by atoms with E-state index in [0.717, 1.165) is 41.2 Å². The minimum absolute atomic E-state index is 0.618. The fourth-order valence-electron chi connectivity index (χ4n) is 2.85. The Kier molecular flexibility index (Phi) is 5.69. The number of hydrogen-bond acceptors (Lipinski definition) is 3. The minimum atomic E-state index is 0.618. The number of hydrogen-bond donors (Lipinski definition) is 2. The van der Waals surface area contributed by atoms with Crippen LogP contribution in [0, 0.1) is 0 Å². The van der Waals surface area contributed by atoms with Crippen molar-refractivity contribution >= 4 is 17.6 Å². The van der Waals surface area contributed by atoms with Gasteiger partial charge in [0, 0.05) is 31.6 Å². The Morgan fingerprint density at radius 3 is 2.71 bits per heavy atom. The highest BCUT2D eigenvalue weighted by Crippen LogP contribution is 2.14. The van der Waals surface area contributed by atoms with Crippen LogP contribution in [0.2, 0.25) is 5.02 Å². The van der Waals surface area contributed by atoms with Crippen LogP contribution in [0.4, 0.5) is 0 Å². The first kappa shape index (κ1) is 16.8. The minimum Gasteiger partial charge on any atom is -0.352 e. The van der Waals surface area contributed by atoms with Crippen LogP contribution in [0.1, 0.15) is 36.5 Å². The molecule has 0 fully saturated rings. The molecule has 0 radical (unpaired) electrons. The average Bonchev–Trinajstić information content (AvgIpc) is 2.83. The lowest BCUT2D eigenvalue weighted by molar-refractivity contribution is 0.596. The molecule has 1 aliphatic rings. The van der Waals surface area contributed by atoms with Crippen LogP contribution in [0.3, 0.4) is 0 Å². The van der Waals surface area contributed by atoms with Gasteiger partial charge in [0.2, 0.25) is 0 Å². The number of nitrogens with zero attached hydrogens (tertiary/aromatic N) is 4. The molecule has 7 heteroatoms. The van der Waals surface area contributed by atoms with Crippen LogP contribution in [0.25, 0.3) is 0 Å². The molecular weight excluding hydrogens is 324 g/mol. The molecule has 0 spiro atoms. The molecule has 1 aromatic carbocycles. The maximum absolute atomic E-state index is 5.91. The zero-order valence-electron chi connectivity index (χ0n) is 13.9. The molecule has 3 rings (SSSR count). The molecular formula is C17H23ClN6. The standard InChI is InChI=1S/C17H23ClN6/c1-19-17(20-11-13-6-8-14(18)9-7-13)21-12-16-23-22-15-5-3-2-4-10-24(15)16/h6-9H,2-5,10-12H2,1H3,(H2,19,20,21). The van der Waals surface area contributed by atoms with E-state index in [9.17, 15) is 0 Å². The van der Waals surface area contributed by atoms with Crippen LogP contribution in [-0.2, 0) is 26.1 Å². The molecule has 0 bridgehead atoms. The van der Waals surface area contributed by atoms with E-state index in [1.807, 2.05) is 24.3 Å². The van der Waals surface area contributed by atoms with E-state index in [1.165, 1.54) is 19.3 Å². The Labute approximate surface area is 147 Å². The molecule has 1 aromatic heterocycles. The molecule has 0 unspecified atom stereocenters. The van der Waals surface area contributed by atoms with Crippen molar-refractivity contribution in [2.75, 3.05) is 7.05 Å². The topological polar surface area (TPSA) is 67.1 Å². The molecule has 24 heavy (non-hydrogen) atoms. The Morgan fingerprint density at radius 1 is 1.12 bits per heavy atom. The van der Waals surface area contributed by atoms with Gasteiger partial charge in [0.05, 0.1) is 6.54 Å². The van der Waals surface area contributed by atoms with Crippen LogP contribution in [0.15, 0.2) is 29.3 Å². The summed E-state index contributed by atoms with van der Waals surface area (Å²) in [5.74, 6) is 2.82. The maximum atomic E-state index is 5.91. The number of benzene rings is 1. The highest BCUT2D eigenvalue weighted by Gasteiger charge is 2.14. The van der Waals surface area contributed by atoms with Crippen molar-refractivity contribution in [2.45, 2.75) is 45.3 Å². The molecule has 2 aromatic rings. The van der Waals surface area contributed by atoms with E-state index >= 15 is 0 Å². The highest BCUT2D eigenvalue weighted by molar-refractivity contribution is 6.30. The number of aromatic nitrogens is 3. The van der Waals surface area contributed by atoms with Gasteiger partial charge in [-0.1, -0.05) is 30.2 Å². The summed E-state index contributed by atoms with van der Waals surface area (Å²) in [6, 6.07) is 7.78. The van der Waals surface area contributed by atoms with Crippen molar-refractivity contribution < 1.29 is 0 Å². The fraction of sp³-hybridized carbons (Fsp3) is 0.471. The normalized spacial score (nSPS) is 14.8. The van der Waals surface area contributed by atoms with Crippen LogP contribution < -0.4 is 10.6 Å². The predicted octanol–water partition coefficient (Wildman–Crippen LogP) is 2.52. The van der Waals surface area contributed by atoms with Gasteiger partial charge in [0.25, 0.3) is 0 Å². The highest BCUT2D eigenvalue weighted by atomic mass is 35.5. The van der Waals surface area contributed by atoms with E-state index in [1.54, 1.807) is 7.05 Å². The number of aryl methyl sites for hydroxylation is 1. The molecule has 1 aliphatic heterocycles. The summed E-state index contributed by atoms with van der Waals surface area (Å²) in [6.45, 7) is 2.32. The van der Waals surface area contributed by atoms with E-state index in [4.69, 9.17) is 11.6 Å². The maximum Gasteiger partial charge on any atom is 0.191 e. The number of fused-ring (bicyclic) bond motifs is 1. The van der Waals surface area contributed by atoms with Gasteiger partial charge in [-0.25, -0.2) is 0 Å². The largest absolute Gasteiger partial charge is 0.352 e. The third kappa shape index (κ3) is 4.26. The Hall–Kier alpha value is -2.08. The summed E-state index contributed by atoms with van der Waals surface area (Å²) in [5.41, 5.74) is 1.15. The number of halogens is 1. The first-order chi connectivity index (χ1) is 11.8. The van der Waals surface area contributed by atoms with Crippen LogP contribution in [-0.4, -0.2) is 27.8 Å². The Balaban J connectivity index is 1.55. The number of aliphatic imine (C=N–C) groups is 1. The van der Waals surface area contributed by atoms with Gasteiger partial charge >= 0.3 is 0 Å². The summed E-state index contributed by atoms with van der Waals surface area (Å²) >= 11 is 5.91. The van der Waals surface area contributed by atoms with Gasteiger partial charge in [-0.2, -0.15) is 0 Å². The van der Waals surface area contributed by atoms with E-state index < -0.39 is 0 Å². The van der Waals surface area contributed by atoms with Crippen LogP contribution >= 0.6 is 11.6 Å². The fourth-order valence-corrected chi connectivity index (χ4v) is 2.97. The van der Waals surface area contributed by atoms with E-state index in [2.05, 4.69) is 30.4 Å². The van der Waals surface area contributed by atoms with Crippen molar-refractivity contribution in [3.8, 4) is 0 Å². The van der Waals surface area contributed by atoms with E-state index in [-0.39, 0.29) is 0 Å². The smallest absolute Gasteiger partial charge is 0.191 e. The third-order valence-corrected chi connectivity index (χ3v) is 4.45. The Morgan fingerprint density at radius 2 is 1.92 bits per heavy atom. The zero-order valence-corrected chi connectivity index (χ0v) is 14.7. The second-order valence-corrected chi connectivity index (χ2v) is 6.34. The molecule has 0 saturated heterocycles. The Bertz CT molecular complexity index is 692. The number of guanidine groups is 1. The summed E-state index contributed by atoms with van der Waals surface area (Å²) in [7, 11) is 1.77. The van der Waals surface area contributed by atoms with Crippen molar-refractivity contribution in [3.63, 3.8) is 0 Å². The average molecular weight is 347 g/mol. The summed E-state index contributed by atoms with van der Waals surface area (Å²) in [4.78, 5) is 4.26. The third-order valence-electron chi connectivity index (χ3n) is 4.20. The lowest BCUT2D eigenvalue weighted by atomic mass is 10.2. The lowest BCUT2D eigenvalue weighted by Gasteiger charge is -2.12. The molecule has 0 aliphatic carbocycles. The molecule has 6 nitrogen and oxygen atoms in total. The SMILES string of the molecule is CN=C(NCc1ccc(Cl)cc1)NCc1nnc2n1CCCCC2. The molecule has 0 saturated carbocycles. The van der Waals surface area contributed by atoms with Gasteiger partial charge in [-0.3, -0.25) is 4.99 Å². The zero-order chi connectivity index (χ0) is 16.8. The first-order valence-corrected chi connectivity index (χ1v) is 8.74. The molecule has 0 atom stereocenters. The summed E-state index contributed by atoms with van der Waals surface area (Å²) < 4.78 is 2.24. The van der Waals surface area contributed by atoms with Crippen LogP contribution in [0.5, 0.6) is 0 Å². The molecule has 128 valence electrons.